The topological polar surface area (TPSA) is 32.3 Å². The van der Waals surface area contributed by atoms with Crippen LogP contribution in [0, 0.1) is 11.6 Å². The molecule has 3 nitrogen and oxygen atoms in total. The summed E-state index contributed by atoms with van der Waals surface area (Å²) >= 11 is 0. The van der Waals surface area contributed by atoms with Crippen LogP contribution in [0.25, 0.3) is 0 Å². The van der Waals surface area contributed by atoms with Gasteiger partial charge in [-0.25, -0.2) is 8.78 Å². The molecule has 0 aromatic heterocycles. The number of hydrogen-bond donors (Lipinski definition) is 1. The van der Waals surface area contributed by atoms with Crippen molar-refractivity contribution in [3.63, 3.8) is 0 Å². The third-order valence-electron chi connectivity index (χ3n) is 3.02. The highest BCUT2D eigenvalue weighted by Crippen LogP contribution is 2.24. The van der Waals surface area contributed by atoms with E-state index in [0.717, 1.165) is 12.1 Å². The molecule has 17 heavy (non-hydrogen) atoms. The number of amides is 1. The molecule has 2 rings (SSSR count). The molecule has 1 saturated heterocycles. The molecule has 0 spiro atoms. The molecule has 1 N–H and O–H groups in total. The highest BCUT2D eigenvalue weighted by Gasteiger charge is 2.24. The van der Waals surface area contributed by atoms with Crippen LogP contribution in [-0.2, 0) is 4.79 Å². The van der Waals surface area contributed by atoms with Crippen molar-refractivity contribution in [2.75, 3.05) is 19.6 Å². The Morgan fingerprint density at radius 3 is 2.88 bits per heavy atom. The Labute approximate surface area is 98.4 Å². The molecule has 0 aliphatic carbocycles. The Kier molecular flexibility index (Phi) is 3.38. The molecule has 1 heterocycles. The highest BCUT2D eigenvalue weighted by molar-refractivity contribution is 5.78. The van der Waals surface area contributed by atoms with Crippen LogP contribution in [0.15, 0.2) is 18.2 Å². The molecule has 1 fully saturated rings. The Bertz CT molecular complexity index is 437. The molecule has 5 heteroatoms. The average molecular weight is 240 g/mol. The number of halogens is 2. The fourth-order valence-electron chi connectivity index (χ4n) is 2.02. The van der Waals surface area contributed by atoms with Gasteiger partial charge in [0, 0.05) is 24.7 Å². The quantitative estimate of drug-likeness (QED) is 0.848. The van der Waals surface area contributed by atoms with E-state index in [-0.39, 0.29) is 18.5 Å². The zero-order valence-electron chi connectivity index (χ0n) is 9.54. The number of rotatable bonds is 2. The molecule has 0 saturated carbocycles. The molecule has 0 bridgehead atoms. The Balaban J connectivity index is 2.20. The zero-order chi connectivity index (χ0) is 12.4. The third kappa shape index (κ3) is 2.61. The van der Waals surface area contributed by atoms with Crippen LogP contribution in [0.1, 0.15) is 18.5 Å². The molecule has 92 valence electrons. The molecule has 1 aliphatic heterocycles. The van der Waals surface area contributed by atoms with E-state index in [1.54, 1.807) is 6.92 Å². The minimum Gasteiger partial charge on any atom is -0.354 e. The summed E-state index contributed by atoms with van der Waals surface area (Å²) in [6, 6.07) is 3.09. The number of piperazine rings is 1. The molecule has 1 amide bonds. The van der Waals surface area contributed by atoms with Gasteiger partial charge in [0.15, 0.2) is 0 Å². The minimum atomic E-state index is -0.463. The lowest BCUT2D eigenvalue weighted by Crippen LogP contribution is -2.48. The molecule has 1 aromatic rings. The molecular weight excluding hydrogens is 226 g/mol. The summed E-state index contributed by atoms with van der Waals surface area (Å²) in [6.07, 6.45) is 0. The second-order valence-corrected chi connectivity index (χ2v) is 4.16. The number of nitrogens with one attached hydrogen (secondary N) is 1. The second-order valence-electron chi connectivity index (χ2n) is 4.16. The summed E-state index contributed by atoms with van der Waals surface area (Å²) in [4.78, 5) is 13.1. The first kappa shape index (κ1) is 12.0. The van der Waals surface area contributed by atoms with E-state index in [9.17, 15) is 13.6 Å². The summed E-state index contributed by atoms with van der Waals surface area (Å²) in [5, 5.41) is 2.70. The van der Waals surface area contributed by atoms with Gasteiger partial charge in [0.05, 0.1) is 6.54 Å². The minimum absolute atomic E-state index is 0.0834. The lowest BCUT2D eigenvalue weighted by Gasteiger charge is -2.32. The lowest BCUT2D eigenvalue weighted by atomic mass is 10.1. The van der Waals surface area contributed by atoms with E-state index < -0.39 is 11.6 Å². The van der Waals surface area contributed by atoms with Crippen molar-refractivity contribution < 1.29 is 13.6 Å². The van der Waals surface area contributed by atoms with Crippen LogP contribution in [-0.4, -0.2) is 30.4 Å². The van der Waals surface area contributed by atoms with E-state index in [2.05, 4.69) is 5.32 Å². The SMILES string of the molecule is CC(c1cc(F)ccc1F)N1CCNC(=O)C1. The Morgan fingerprint density at radius 2 is 2.18 bits per heavy atom. The van der Waals surface area contributed by atoms with E-state index in [1.807, 2.05) is 4.90 Å². The predicted octanol–water partition coefficient (Wildman–Crippen LogP) is 1.46. The Hall–Kier alpha value is -1.49. The van der Waals surface area contributed by atoms with Crippen LogP contribution >= 0.6 is 0 Å². The standard InChI is InChI=1S/C12H14F2N2O/c1-8(16-5-4-15-12(17)7-16)10-6-9(13)2-3-11(10)14/h2-3,6,8H,4-5,7H2,1H3,(H,15,17). The second kappa shape index (κ2) is 4.79. The summed E-state index contributed by atoms with van der Waals surface area (Å²) < 4.78 is 26.7. The maximum absolute atomic E-state index is 13.6. The predicted molar refractivity (Wildman–Crippen MR) is 59.4 cm³/mol. The van der Waals surface area contributed by atoms with Gasteiger partial charge in [0.25, 0.3) is 0 Å². The first-order valence-corrected chi connectivity index (χ1v) is 5.53. The molecule has 1 unspecified atom stereocenters. The van der Waals surface area contributed by atoms with Crippen molar-refractivity contribution in [2.45, 2.75) is 13.0 Å². The molecule has 1 aromatic carbocycles. The van der Waals surface area contributed by atoms with Crippen molar-refractivity contribution in [3.8, 4) is 0 Å². The van der Waals surface area contributed by atoms with Crippen molar-refractivity contribution in [1.82, 2.24) is 10.2 Å². The fourth-order valence-corrected chi connectivity index (χ4v) is 2.02. The maximum atomic E-state index is 13.6. The summed E-state index contributed by atoms with van der Waals surface area (Å²) in [5.41, 5.74) is 0.291. The van der Waals surface area contributed by atoms with Gasteiger partial charge in [-0.3, -0.25) is 9.69 Å². The first-order valence-electron chi connectivity index (χ1n) is 5.53. The largest absolute Gasteiger partial charge is 0.354 e. The molecule has 1 atom stereocenters. The van der Waals surface area contributed by atoms with Crippen molar-refractivity contribution in [3.05, 3.63) is 35.4 Å². The number of hydrogen-bond acceptors (Lipinski definition) is 2. The van der Waals surface area contributed by atoms with E-state index in [4.69, 9.17) is 0 Å². The van der Waals surface area contributed by atoms with Gasteiger partial charge < -0.3 is 5.32 Å². The molecule has 0 radical (unpaired) electrons. The monoisotopic (exact) mass is 240 g/mol. The highest BCUT2D eigenvalue weighted by atomic mass is 19.1. The summed E-state index contributed by atoms with van der Waals surface area (Å²) in [7, 11) is 0. The van der Waals surface area contributed by atoms with Crippen molar-refractivity contribution in [1.29, 1.82) is 0 Å². The van der Waals surface area contributed by atoms with E-state index in [0.29, 0.717) is 18.7 Å². The smallest absolute Gasteiger partial charge is 0.234 e. The Morgan fingerprint density at radius 1 is 1.41 bits per heavy atom. The molecule has 1 aliphatic rings. The fraction of sp³-hybridized carbons (Fsp3) is 0.417. The van der Waals surface area contributed by atoms with Crippen molar-refractivity contribution >= 4 is 5.91 Å². The zero-order valence-corrected chi connectivity index (χ0v) is 9.54. The number of carbonyl (C=O) groups is 1. The summed E-state index contributed by atoms with van der Waals surface area (Å²) in [6.45, 7) is 3.18. The maximum Gasteiger partial charge on any atom is 0.234 e. The van der Waals surface area contributed by atoms with Crippen LogP contribution in [0.3, 0.4) is 0 Å². The van der Waals surface area contributed by atoms with Crippen LogP contribution in [0.5, 0.6) is 0 Å². The van der Waals surface area contributed by atoms with E-state index in [1.165, 1.54) is 6.07 Å². The van der Waals surface area contributed by atoms with Crippen molar-refractivity contribution in [2.24, 2.45) is 0 Å². The number of carbonyl (C=O) groups excluding carboxylic acids is 1. The van der Waals surface area contributed by atoms with Gasteiger partial charge in [-0.2, -0.15) is 0 Å². The summed E-state index contributed by atoms with van der Waals surface area (Å²) in [5.74, 6) is -0.987. The van der Waals surface area contributed by atoms with Crippen LogP contribution in [0.4, 0.5) is 8.78 Å². The number of benzene rings is 1. The number of nitrogens with zero attached hydrogens (tertiary/aromatic N) is 1. The van der Waals surface area contributed by atoms with Crippen LogP contribution < -0.4 is 5.32 Å². The van der Waals surface area contributed by atoms with Gasteiger partial charge in [-0.1, -0.05) is 0 Å². The lowest BCUT2D eigenvalue weighted by molar-refractivity contribution is -0.124. The van der Waals surface area contributed by atoms with Gasteiger partial charge in [-0.15, -0.1) is 0 Å². The van der Waals surface area contributed by atoms with Gasteiger partial charge in [0.1, 0.15) is 11.6 Å². The van der Waals surface area contributed by atoms with Gasteiger partial charge >= 0.3 is 0 Å². The first-order chi connectivity index (χ1) is 8.08. The molecular formula is C12H14F2N2O. The van der Waals surface area contributed by atoms with Gasteiger partial charge in [0.2, 0.25) is 5.91 Å². The normalized spacial score (nSPS) is 18.9. The van der Waals surface area contributed by atoms with Crippen LogP contribution in [0.2, 0.25) is 0 Å². The van der Waals surface area contributed by atoms with Gasteiger partial charge in [-0.05, 0) is 25.1 Å². The third-order valence-corrected chi connectivity index (χ3v) is 3.02. The average Bonchev–Trinajstić information content (AvgIpc) is 2.31. The van der Waals surface area contributed by atoms with E-state index >= 15 is 0 Å².